The molecule has 0 saturated carbocycles. The Morgan fingerprint density at radius 2 is 1.90 bits per heavy atom. The zero-order valence-electron chi connectivity index (χ0n) is 16.6. The second kappa shape index (κ2) is 6.81. The van der Waals surface area contributed by atoms with Crippen molar-refractivity contribution in [2.24, 2.45) is 12.0 Å². The number of fused-ring (bicyclic) bond motifs is 2. The van der Waals surface area contributed by atoms with Gasteiger partial charge in [-0.05, 0) is 35.2 Å². The second-order valence-corrected chi connectivity index (χ2v) is 9.46. The summed E-state index contributed by atoms with van der Waals surface area (Å²) < 4.78 is 26.2. The molecule has 0 N–H and O–H groups in total. The predicted molar refractivity (Wildman–Crippen MR) is 121 cm³/mol. The zero-order valence-corrected chi connectivity index (χ0v) is 17.5. The molecule has 0 saturated heterocycles. The first-order valence-electron chi connectivity index (χ1n) is 9.55. The van der Waals surface area contributed by atoms with E-state index >= 15 is 0 Å². The first kappa shape index (κ1) is 18.6. The molecule has 4 aromatic rings. The van der Waals surface area contributed by atoms with Crippen LogP contribution in [-0.2, 0) is 16.9 Å². The lowest BCUT2D eigenvalue weighted by Crippen LogP contribution is -2.23. The van der Waals surface area contributed by atoms with Gasteiger partial charge in [-0.15, -0.1) is 0 Å². The maximum absolute atomic E-state index is 12.0. The lowest BCUT2D eigenvalue weighted by molar-refractivity contribution is 0.601. The number of para-hydroxylation sites is 1. The largest absolute Gasteiger partial charge is 0.351 e. The molecule has 2 aromatic heterocycles. The van der Waals surface area contributed by atoms with E-state index in [0.717, 1.165) is 33.7 Å². The number of aryl methyl sites for hydroxylation is 1. The summed E-state index contributed by atoms with van der Waals surface area (Å²) in [5, 5.41) is 1.19. The van der Waals surface area contributed by atoms with Crippen molar-refractivity contribution in [1.29, 1.82) is 0 Å². The number of anilines is 2. The number of hydrogen-bond donors (Lipinski definition) is 0. The van der Waals surface area contributed by atoms with Crippen LogP contribution in [0.5, 0.6) is 0 Å². The third kappa shape index (κ3) is 3.07. The number of aliphatic imine (C=N–C) groups is 1. The van der Waals surface area contributed by atoms with Crippen molar-refractivity contribution in [3.63, 3.8) is 0 Å². The third-order valence-electron chi connectivity index (χ3n) is 5.42. The fraction of sp³-hybridized carbons (Fsp3) is 0.130. The Morgan fingerprint density at radius 1 is 1.03 bits per heavy atom. The maximum atomic E-state index is 12.0. The van der Waals surface area contributed by atoms with Gasteiger partial charge in [0.1, 0.15) is 0 Å². The fourth-order valence-corrected chi connectivity index (χ4v) is 4.47. The molecule has 0 atom stereocenters. The van der Waals surface area contributed by atoms with E-state index in [-0.39, 0.29) is 4.90 Å². The van der Waals surface area contributed by atoms with Crippen LogP contribution < -0.4 is 4.90 Å². The number of aromatic nitrogens is 2. The van der Waals surface area contributed by atoms with E-state index in [1.165, 1.54) is 17.8 Å². The molecule has 7 heteroatoms. The molecule has 0 aliphatic carbocycles. The van der Waals surface area contributed by atoms with Gasteiger partial charge in [0.2, 0.25) is 0 Å². The van der Waals surface area contributed by atoms with E-state index in [4.69, 9.17) is 0 Å². The smallest absolute Gasteiger partial charge is 0.177 e. The average Bonchev–Trinajstić information content (AvgIpc) is 3.12. The minimum atomic E-state index is -3.35. The van der Waals surface area contributed by atoms with Crippen molar-refractivity contribution < 1.29 is 8.42 Å². The van der Waals surface area contributed by atoms with Gasteiger partial charge in [0, 0.05) is 43.0 Å². The summed E-state index contributed by atoms with van der Waals surface area (Å²) in [6, 6.07) is 16.2. The summed E-state index contributed by atoms with van der Waals surface area (Å²) in [6.45, 7) is 0.533. The number of benzene rings is 2. The number of nitrogens with zero attached hydrogens (tertiary/aromatic N) is 4. The zero-order chi connectivity index (χ0) is 20.9. The SMILES string of the molecule is Cn1ccc2ccc(-c3cccc4c3N(c3cncc(S(C)(=O)=O)c3)CC=N4)cc21. The predicted octanol–water partition coefficient (Wildman–Crippen LogP) is 4.50. The van der Waals surface area contributed by atoms with Gasteiger partial charge >= 0.3 is 0 Å². The second-order valence-electron chi connectivity index (χ2n) is 7.45. The first-order chi connectivity index (χ1) is 14.4. The van der Waals surface area contributed by atoms with Gasteiger partial charge in [0.25, 0.3) is 0 Å². The topological polar surface area (TPSA) is 67.6 Å². The van der Waals surface area contributed by atoms with Crippen LogP contribution in [0.4, 0.5) is 17.1 Å². The van der Waals surface area contributed by atoms with E-state index in [9.17, 15) is 8.42 Å². The molecule has 5 rings (SSSR count). The van der Waals surface area contributed by atoms with Crippen LogP contribution in [0.25, 0.3) is 22.0 Å². The molecule has 1 aliphatic heterocycles. The Balaban J connectivity index is 1.70. The van der Waals surface area contributed by atoms with Crippen molar-refractivity contribution in [2.75, 3.05) is 17.7 Å². The van der Waals surface area contributed by atoms with Crippen LogP contribution in [0.3, 0.4) is 0 Å². The van der Waals surface area contributed by atoms with Gasteiger partial charge in [-0.2, -0.15) is 0 Å². The summed E-state index contributed by atoms with van der Waals surface area (Å²) in [4.78, 5) is 11.0. The molecule has 30 heavy (non-hydrogen) atoms. The highest BCUT2D eigenvalue weighted by atomic mass is 32.2. The van der Waals surface area contributed by atoms with Crippen LogP contribution in [0, 0.1) is 0 Å². The van der Waals surface area contributed by atoms with Crippen molar-refractivity contribution in [1.82, 2.24) is 9.55 Å². The van der Waals surface area contributed by atoms with Gasteiger partial charge in [-0.3, -0.25) is 9.98 Å². The summed E-state index contributed by atoms with van der Waals surface area (Å²) in [7, 11) is -1.32. The molecule has 150 valence electrons. The Hall–Kier alpha value is -3.45. The Bertz CT molecular complexity index is 1420. The molecule has 6 nitrogen and oxygen atoms in total. The molecule has 1 aliphatic rings. The number of sulfone groups is 1. The van der Waals surface area contributed by atoms with E-state index < -0.39 is 9.84 Å². The Labute approximate surface area is 175 Å². The molecule has 0 unspecified atom stereocenters. The van der Waals surface area contributed by atoms with Gasteiger partial charge in [0.05, 0.1) is 34.7 Å². The average molecular weight is 417 g/mol. The summed E-state index contributed by atoms with van der Waals surface area (Å²) in [6.07, 6.45) is 8.15. The molecule has 0 bridgehead atoms. The highest BCUT2D eigenvalue weighted by Crippen LogP contribution is 2.44. The molecule has 0 fully saturated rings. The van der Waals surface area contributed by atoms with Crippen LogP contribution in [0.2, 0.25) is 0 Å². The van der Waals surface area contributed by atoms with Crippen LogP contribution in [0.15, 0.2) is 77.0 Å². The van der Waals surface area contributed by atoms with Crippen molar-refractivity contribution in [3.8, 4) is 11.1 Å². The molecule has 2 aromatic carbocycles. The van der Waals surface area contributed by atoms with Gasteiger partial charge in [0.15, 0.2) is 9.84 Å². The summed E-state index contributed by atoms with van der Waals surface area (Å²) in [5.41, 5.74) is 5.78. The lowest BCUT2D eigenvalue weighted by atomic mass is 9.99. The summed E-state index contributed by atoms with van der Waals surface area (Å²) >= 11 is 0. The molecular weight excluding hydrogens is 396 g/mol. The summed E-state index contributed by atoms with van der Waals surface area (Å²) in [5.74, 6) is 0. The number of rotatable bonds is 3. The maximum Gasteiger partial charge on any atom is 0.177 e. The Kier molecular flexibility index (Phi) is 4.22. The third-order valence-corrected chi connectivity index (χ3v) is 6.50. The Morgan fingerprint density at radius 3 is 2.73 bits per heavy atom. The minimum absolute atomic E-state index is 0.201. The highest BCUT2D eigenvalue weighted by molar-refractivity contribution is 7.90. The number of hydrogen-bond acceptors (Lipinski definition) is 5. The van der Waals surface area contributed by atoms with Gasteiger partial charge in [-0.1, -0.05) is 24.3 Å². The van der Waals surface area contributed by atoms with Crippen LogP contribution >= 0.6 is 0 Å². The van der Waals surface area contributed by atoms with Crippen molar-refractivity contribution >= 4 is 44.0 Å². The normalized spacial score (nSPS) is 13.6. The molecule has 0 spiro atoms. The van der Waals surface area contributed by atoms with E-state index in [1.807, 2.05) is 31.6 Å². The quantitative estimate of drug-likeness (QED) is 0.493. The fourth-order valence-electron chi connectivity index (χ4n) is 3.89. The van der Waals surface area contributed by atoms with Crippen LogP contribution in [-0.4, -0.2) is 37.0 Å². The first-order valence-corrected chi connectivity index (χ1v) is 11.4. The van der Waals surface area contributed by atoms with Gasteiger partial charge in [-0.25, -0.2) is 8.42 Å². The monoisotopic (exact) mass is 416 g/mol. The molecule has 0 amide bonds. The molecular formula is C23H20N4O2S. The minimum Gasteiger partial charge on any atom is -0.351 e. The molecule has 3 heterocycles. The highest BCUT2D eigenvalue weighted by Gasteiger charge is 2.22. The lowest BCUT2D eigenvalue weighted by Gasteiger charge is -2.30. The van der Waals surface area contributed by atoms with Crippen molar-refractivity contribution in [3.05, 3.63) is 67.1 Å². The standard InChI is InChI=1S/C23H20N4O2S/c1-26-10-8-16-6-7-17(12-22(16)26)20-4-3-5-21-23(20)27(11-9-25-21)18-13-19(15-24-14-18)30(2,28)29/h3-10,12-15H,11H2,1-2H3. The molecule has 0 radical (unpaired) electrons. The van der Waals surface area contributed by atoms with Crippen molar-refractivity contribution in [2.45, 2.75) is 4.90 Å². The van der Waals surface area contributed by atoms with E-state index in [0.29, 0.717) is 6.54 Å². The van der Waals surface area contributed by atoms with E-state index in [1.54, 1.807) is 12.3 Å². The van der Waals surface area contributed by atoms with Gasteiger partial charge < -0.3 is 9.47 Å². The number of pyridine rings is 1. The van der Waals surface area contributed by atoms with Crippen LogP contribution in [0.1, 0.15) is 0 Å². The van der Waals surface area contributed by atoms with E-state index in [2.05, 4.69) is 49.8 Å².